The van der Waals surface area contributed by atoms with E-state index in [1.165, 1.54) is 5.56 Å². The number of aromatic nitrogens is 1. The maximum absolute atomic E-state index is 5.91. The van der Waals surface area contributed by atoms with E-state index in [-0.39, 0.29) is 6.04 Å². The molecule has 2 aromatic rings. The molecule has 1 aromatic heterocycles. The lowest BCUT2D eigenvalue weighted by Gasteiger charge is -2.12. The zero-order valence-corrected chi connectivity index (χ0v) is 11.5. The summed E-state index contributed by atoms with van der Waals surface area (Å²) in [6.07, 6.45) is 3.96. The highest BCUT2D eigenvalue weighted by atomic mass is 16.5. The van der Waals surface area contributed by atoms with E-state index >= 15 is 0 Å². The van der Waals surface area contributed by atoms with Crippen molar-refractivity contribution in [2.75, 3.05) is 0 Å². The van der Waals surface area contributed by atoms with Gasteiger partial charge in [0.2, 0.25) is 5.88 Å². The zero-order valence-electron chi connectivity index (χ0n) is 11.5. The van der Waals surface area contributed by atoms with Crippen molar-refractivity contribution in [2.24, 2.45) is 5.73 Å². The first kappa shape index (κ1) is 13.6. The quantitative estimate of drug-likeness (QED) is 0.884. The van der Waals surface area contributed by atoms with E-state index in [1.54, 1.807) is 6.20 Å². The molecule has 0 saturated heterocycles. The Kier molecular flexibility index (Phi) is 4.53. The highest BCUT2D eigenvalue weighted by molar-refractivity contribution is 5.35. The topological polar surface area (TPSA) is 48.1 Å². The summed E-state index contributed by atoms with van der Waals surface area (Å²) in [5.74, 6) is 1.38. The summed E-state index contributed by atoms with van der Waals surface area (Å²) in [7, 11) is 0. The van der Waals surface area contributed by atoms with Crippen molar-refractivity contribution in [3.05, 3.63) is 53.7 Å². The molecular formula is C16H20N2O. The number of ether oxygens (including phenoxy) is 1. The van der Waals surface area contributed by atoms with E-state index in [2.05, 4.69) is 24.0 Å². The highest BCUT2D eigenvalue weighted by Crippen LogP contribution is 2.26. The number of nitrogens with zero attached hydrogens (tertiary/aromatic N) is 1. The van der Waals surface area contributed by atoms with Crippen LogP contribution in [0.25, 0.3) is 0 Å². The molecule has 2 N–H and O–H groups in total. The maximum Gasteiger partial charge on any atom is 0.223 e. The largest absolute Gasteiger partial charge is 0.439 e. The van der Waals surface area contributed by atoms with Crippen LogP contribution in [0.4, 0.5) is 0 Å². The minimum atomic E-state index is -0.0944. The Balaban J connectivity index is 2.17. The minimum Gasteiger partial charge on any atom is -0.439 e. The van der Waals surface area contributed by atoms with E-state index in [1.807, 2.05) is 31.2 Å². The molecule has 0 saturated carbocycles. The Labute approximate surface area is 114 Å². The third-order valence-corrected chi connectivity index (χ3v) is 2.97. The molecular weight excluding hydrogens is 236 g/mol. The molecule has 0 unspecified atom stereocenters. The Morgan fingerprint density at radius 2 is 1.95 bits per heavy atom. The van der Waals surface area contributed by atoms with Gasteiger partial charge in [-0.3, -0.25) is 0 Å². The molecule has 0 aliphatic rings. The minimum absolute atomic E-state index is 0.0944. The molecule has 1 aromatic carbocycles. The van der Waals surface area contributed by atoms with Gasteiger partial charge in [0.05, 0.1) is 0 Å². The highest BCUT2D eigenvalue weighted by Gasteiger charge is 2.09. The van der Waals surface area contributed by atoms with E-state index in [0.717, 1.165) is 24.2 Å². The molecule has 0 bridgehead atoms. The van der Waals surface area contributed by atoms with Gasteiger partial charge in [0.25, 0.3) is 0 Å². The molecule has 0 aliphatic carbocycles. The summed E-state index contributed by atoms with van der Waals surface area (Å²) in [6, 6.07) is 11.9. The van der Waals surface area contributed by atoms with Crippen LogP contribution in [-0.4, -0.2) is 4.98 Å². The SMILES string of the molecule is CCCc1ccc(Oc2ncccc2[C@@H](C)N)cc1. The number of pyridine rings is 1. The number of hydrogen-bond acceptors (Lipinski definition) is 3. The number of benzene rings is 1. The molecule has 0 amide bonds. The number of rotatable bonds is 5. The zero-order chi connectivity index (χ0) is 13.7. The summed E-state index contributed by atoms with van der Waals surface area (Å²) in [4.78, 5) is 4.25. The van der Waals surface area contributed by atoms with Crippen LogP contribution < -0.4 is 10.5 Å². The Hall–Kier alpha value is -1.87. The van der Waals surface area contributed by atoms with Crippen molar-refractivity contribution < 1.29 is 4.74 Å². The van der Waals surface area contributed by atoms with Gasteiger partial charge in [0.1, 0.15) is 5.75 Å². The van der Waals surface area contributed by atoms with Crippen LogP contribution >= 0.6 is 0 Å². The lowest BCUT2D eigenvalue weighted by Crippen LogP contribution is -2.07. The fraction of sp³-hybridized carbons (Fsp3) is 0.312. The molecule has 3 nitrogen and oxygen atoms in total. The standard InChI is InChI=1S/C16H20N2O/c1-3-5-13-7-9-14(10-8-13)19-16-15(12(2)17)6-4-11-18-16/h4,6-12H,3,5,17H2,1-2H3/t12-/m1/s1. The second kappa shape index (κ2) is 6.34. The molecule has 0 aliphatic heterocycles. The molecule has 1 atom stereocenters. The van der Waals surface area contributed by atoms with Crippen molar-refractivity contribution in [2.45, 2.75) is 32.7 Å². The lowest BCUT2D eigenvalue weighted by molar-refractivity contribution is 0.452. The van der Waals surface area contributed by atoms with Gasteiger partial charge in [-0.15, -0.1) is 0 Å². The first-order valence-electron chi connectivity index (χ1n) is 6.68. The van der Waals surface area contributed by atoms with Gasteiger partial charge >= 0.3 is 0 Å². The predicted octanol–water partition coefficient (Wildman–Crippen LogP) is 3.85. The van der Waals surface area contributed by atoms with Gasteiger partial charge in [-0.1, -0.05) is 31.5 Å². The third-order valence-electron chi connectivity index (χ3n) is 2.97. The molecule has 3 heteroatoms. The lowest BCUT2D eigenvalue weighted by atomic mass is 10.1. The van der Waals surface area contributed by atoms with Gasteiger partial charge in [-0.25, -0.2) is 4.98 Å². The summed E-state index contributed by atoms with van der Waals surface area (Å²) in [5.41, 5.74) is 8.15. The van der Waals surface area contributed by atoms with E-state index in [0.29, 0.717) is 5.88 Å². The average molecular weight is 256 g/mol. The maximum atomic E-state index is 5.91. The summed E-state index contributed by atoms with van der Waals surface area (Å²) in [6.45, 7) is 4.10. The van der Waals surface area contributed by atoms with Crippen LogP contribution in [0.5, 0.6) is 11.6 Å². The molecule has 19 heavy (non-hydrogen) atoms. The number of hydrogen-bond donors (Lipinski definition) is 1. The second-order valence-electron chi connectivity index (χ2n) is 4.68. The van der Waals surface area contributed by atoms with Crippen molar-refractivity contribution >= 4 is 0 Å². The molecule has 100 valence electrons. The van der Waals surface area contributed by atoms with Gasteiger partial charge in [-0.2, -0.15) is 0 Å². The molecule has 0 fully saturated rings. The molecule has 0 radical (unpaired) electrons. The predicted molar refractivity (Wildman–Crippen MR) is 77.4 cm³/mol. The van der Waals surface area contributed by atoms with Crippen LogP contribution in [0.1, 0.15) is 37.4 Å². The number of nitrogens with two attached hydrogens (primary N) is 1. The Morgan fingerprint density at radius 3 is 2.58 bits per heavy atom. The normalized spacial score (nSPS) is 12.2. The van der Waals surface area contributed by atoms with Crippen LogP contribution in [0.2, 0.25) is 0 Å². The smallest absolute Gasteiger partial charge is 0.223 e. The molecule has 1 heterocycles. The van der Waals surface area contributed by atoms with Crippen molar-refractivity contribution in [3.8, 4) is 11.6 Å². The van der Waals surface area contributed by atoms with Crippen LogP contribution in [0, 0.1) is 0 Å². The van der Waals surface area contributed by atoms with E-state index in [4.69, 9.17) is 10.5 Å². The van der Waals surface area contributed by atoms with Gasteiger partial charge in [0.15, 0.2) is 0 Å². The molecule has 2 rings (SSSR count). The summed E-state index contributed by atoms with van der Waals surface area (Å²) >= 11 is 0. The Morgan fingerprint density at radius 1 is 1.21 bits per heavy atom. The monoisotopic (exact) mass is 256 g/mol. The number of aryl methyl sites for hydroxylation is 1. The van der Waals surface area contributed by atoms with Crippen molar-refractivity contribution in [1.29, 1.82) is 0 Å². The van der Waals surface area contributed by atoms with E-state index in [9.17, 15) is 0 Å². The Bertz CT molecular complexity index is 521. The summed E-state index contributed by atoms with van der Waals surface area (Å²) < 4.78 is 5.81. The van der Waals surface area contributed by atoms with E-state index < -0.39 is 0 Å². The third kappa shape index (κ3) is 3.55. The first-order chi connectivity index (χ1) is 9.20. The molecule has 0 spiro atoms. The van der Waals surface area contributed by atoms with Gasteiger partial charge in [-0.05, 0) is 37.1 Å². The van der Waals surface area contributed by atoms with Crippen LogP contribution in [0.15, 0.2) is 42.6 Å². The van der Waals surface area contributed by atoms with Gasteiger partial charge < -0.3 is 10.5 Å². The van der Waals surface area contributed by atoms with Crippen LogP contribution in [-0.2, 0) is 6.42 Å². The fourth-order valence-electron chi connectivity index (χ4n) is 1.96. The first-order valence-corrected chi connectivity index (χ1v) is 6.68. The van der Waals surface area contributed by atoms with Crippen LogP contribution in [0.3, 0.4) is 0 Å². The summed E-state index contributed by atoms with van der Waals surface area (Å²) in [5, 5.41) is 0. The van der Waals surface area contributed by atoms with Crippen molar-refractivity contribution in [3.63, 3.8) is 0 Å². The van der Waals surface area contributed by atoms with Crippen molar-refractivity contribution in [1.82, 2.24) is 4.98 Å². The average Bonchev–Trinajstić information content (AvgIpc) is 2.42. The fourth-order valence-corrected chi connectivity index (χ4v) is 1.96. The van der Waals surface area contributed by atoms with Gasteiger partial charge in [0, 0.05) is 17.8 Å². The second-order valence-corrected chi connectivity index (χ2v) is 4.68.